The van der Waals surface area contributed by atoms with Crippen LogP contribution in [0.5, 0.6) is 0 Å². The van der Waals surface area contributed by atoms with E-state index in [2.05, 4.69) is 158 Å². The maximum absolute atomic E-state index is 15.5. The van der Waals surface area contributed by atoms with Gasteiger partial charge in [0.1, 0.15) is 0 Å². The quantitative estimate of drug-likeness (QED) is 0.0629. The number of hydrogen-bond acceptors (Lipinski definition) is 9. The molecule has 6 heterocycles. The van der Waals surface area contributed by atoms with Gasteiger partial charge in [0.2, 0.25) is 0 Å². The van der Waals surface area contributed by atoms with Crippen LogP contribution in [0.1, 0.15) is 0 Å². The molecule has 24 rings (SSSR count). The van der Waals surface area contributed by atoms with Crippen LogP contribution >= 0.6 is 21.4 Å². The lowest BCUT2D eigenvalue weighted by Crippen LogP contribution is -2.25. The molecule has 0 aliphatic carbocycles. The number of benzene rings is 18. The third kappa shape index (κ3) is 13.6. The van der Waals surface area contributed by atoms with E-state index in [-0.39, 0.29) is 0 Å². The van der Waals surface area contributed by atoms with Gasteiger partial charge in [-0.15, -0.1) is 0 Å². The first-order valence-corrected chi connectivity index (χ1v) is 47.9. The maximum atomic E-state index is 15.5. The zero-order chi connectivity index (χ0) is 85.7. The van der Waals surface area contributed by atoms with E-state index >= 15 is 9.13 Å². The molecule has 604 valence electrons. The van der Waals surface area contributed by atoms with Crippen LogP contribution in [-0.2, 0) is 13.7 Å². The van der Waals surface area contributed by atoms with Crippen molar-refractivity contribution in [2.24, 2.45) is 0 Å². The highest BCUT2D eigenvalue weighted by Gasteiger charge is 2.34. The van der Waals surface area contributed by atoms with Crippen LogP contribution in [0.4, 0.5) is 0 Å². The summed E-state index contributed by atoms with van der Waals surface area (Å²) in [5, 5.41) is 25.0. The van der Waals surface area contributed by atoms with Crippen LogP contribution in [0, 0.1) is 0 Å². The highest BCUT2D eigenvalue weighted by atomic mass is 31.2. The van der Waals surface area contributed by atoms with Crippen molar-refractivity contribution in [3.8, 4) is 44.9 Å². The van der Waals surface area contributed by atoms with Crippen molar-refractivity contribution in [1.82, 2.24) is 29.9 Å². The summed E-state index contributed by atoms with van der Waals surface area (Å²) >= 11 is 0. The van der Waals surface area contributed by atoms with Crippen LogP contribution in [0.3, 0.4) is 0 Å². The van der Waals surface area contributed by atoms with E-state index in [0.717, 1.165) is 212 Å². The lowest BCUT2D eigenvalue weighted by Gasteiger charge is -2.22. The monoisotopic (exact) mass is 1690 g/mol. The SMILES string of the molecule is O=P(c1ccccc1)(c1ccccc1)c1ccc(-c2nc3ccccc3c3c2ncc2ccccc23)cc1.O=P(c1ccccc1)(c1ccccc1)c1cccc(-c2c3ccccc3c(-c3nc4ccccc4c4c3ccc3cccnc34)c3ccccc23)c1.O=P(c1ccccc1)(c1ccccc1)c1cccc(-c2nc3ccccc3c3c2ncc2ccccc23)c1. The zero-order valence-electron chi connectivity index (χ0n) is 69.2. The van der Waals surface area contributed by atoms with Gasteiger partial charge < -0.3 is 13.7 Å². The Balaban J connectivity index is 0.000000115. The van der Waals surface area contributed by atoms with E-state index in [1.807, 2.05) is 310 Å². The average Bonchev–Trinajstić information content (AvgIpc) is 0.714. The predicted octanol–water partition coefficient (Wildman–Crippen LogP) is 25.7. The predicted molar refractivity (Wildman–Crippen MR) is 539 cm³/mol. The highest BCUT2D eigenvalue weighted by molar-refractivity contribution is 7.86. The van der Waals surface area contributed by atoms with Crippen LogP contribution in [0.2, 0.25) is 0 Å². The molecule has 0 amide bonds. The Labute approximate surface area is 739 Å². The molecule has 0 bridgehead atoms. The van der Waals surface area contributed by atoms with Gasteiger partial charge in [-0.25, -0.2) is 15.0 Å². The summed E-state index contributed by atoms with van der Waals surface area (Å²) in [7, 11) is -9.35. The first kappa shape index (κ1) is 78.4. The fourth-order valence-corrected chi connectivity index (χ4v) is 26.8. The van der Waals surface area contributed by atoms with Crippen molar-refractivity contribution in [3.63, 3.8) is 0 Å². The zero-order valence-corrected chi connectivity index (χ0v) is 71.9. The third-order valence-electron chi connectivity index (χ3n) is 24.7. The number of rotatable bonds is 13. The summed E-state index contributed by atoms with van der Waals surface area (Å²) in [4.78, 5) is 30.3. The Kier molecular flexibility index (Phi) is 20.3. The Morgan fingerprint density at radius 1 is 0.180 bits per heavy atom. The van der Waals surface area contributed by atoms with Gasteiger partial charge in [-0.05, 0) is 79.8 Å². The van der Waals surface area contributed by atoms with Crippen LogP contribution in [0.15, 0.2) is 468 Å². The molecule has 18 aromatic carbocycles. The Morgan fingerprint density at radius 3 is 0.906 bits per heavy atom. The molecule has 0 saturated heterocycles. The fourth-order valence-electron chi connectivity index (χ4n) is 18.7. The molecule has 128 heavy (non-hydrogen) atoms. The molecule has 0 radical (unpaired) electrons. The van der Waals surface area contributed by atoms with E-state index in [9.17, 15) is 4.57 Å². The average molecular weight is 1700 g/mol. The second kappa shape index (κ2) is 33.1. The molecule has 6 aromatic heterocycles. The molecule has 0 spiro atoms. The standard InChI is InChI=1S/C48H31N2OP.2C34H23N2OP/c51-52(34-17-3-1-4-18-34,35-19-5-2-6-20-35)36-21-13-15-33(31-36)44-37-22-7-9-24-39(37)45(40-25-10-8-23-38(40)44)48-42-29-28-32-16-14-30-49-47(32)46(42)41-26-11-12-27-43(41)50-48;37-38(26-14-3-1-4-15-26,27-16-5-2-6-17-27)28-18-11-13-24(22-28)33-34-32(30-20-9-10-21-31(30)36-33)29-19-8-7-12-25(29)23-35-34;37-38(26-12-3-1-4-13-26,27-14-5-2-6-15-27)28-21-19-24(20-22-28)33-34-32(30-17-9-10-18-31(30)36-33)29-16-8-7-11-25(29)23-35-34/h1-31H;2*1-23H. The molecule has 0 aliphatic heterocycles. The molecule has 0 saturated carbocycles. The van der Waals surface area contributed by atoms with E-state index in [4.69, 9.17) is 29.9 Å². The van der Waals surface area contributed by atoms with Crippen LogP contribution < -0.4 is 47.7 Å². The van der Waals surface area contributed by atoms with Gasteiger partial charge in [-0.2, -0.15) is 0 Å². The van der Waals surface area contributed by atoms with Gasteiger partial charge in [0.15, 0.2) is 21.4 Å². The van der Waals surface area contributed by atoms with Crippen molar-refractivity contribution >= 4 is 188 Å². The van der Waals surface area contributed by atoms with Gasteiger partial charge in [0.25, 0.3) is 0 Å². The molecule has 9 nitrogen and oxygen atoms in total. The van der Waals surface area contributed by atoms with Gasteiger partial charge in [-0.1, -0.05) is 413 Å². The molecular formula is C116H77N6O3P3. The van der Waals surface area contributed by atoms with Gasteiger partial charge in [-0.3, -0.25) is 15.0 Å². The van der Waals surface area contributed by atoms with Crippen LogP contribution in [0.25, 0.3) is 164 Å². The normalized spacial score (nSPS) is 11.8. The summed E-state index contributed by atoms with van der Waals surface area (Å²) in [6.45, 7) is 0. The van der Waals surface area contributed by atoms with Gasteiger partial charge >= 0.3 is 0 Å². The highest BCUT2D eigenvalue weighted by Crippen LogP contribution is 2.51. The smallest absolute Gasteiger partial charge is 0.171 e. The Bertz CT molecular complexity index is 8380. The van der Waals surface area contributed by atoms with Crippen molar-refractivity contribution in [2.45, 2.75) is 0 Å². The topological polar surface area (TPSA) is 129 Å². The second-order valence-electron chi connectivity index (χ2n) is 32.0. The lowest BCUT2D eigenvalue weighted by atomic mass is 9.86. The van der Waals surface area contributed by atoms with Crippen molar-refractivity contribution < 1.29 is 13.7 Å². The van der Waals surface area contributed by atoms with Crippen molar-refractivity contribution in [1.29, 1.82) is 0 Å². The third-order valence-corrected chi connectivity index (χ3v) is 33.9. The fraction of sp³-hybridized carbons (Fsp3) is 0. The molecule has 0 aliphatic rings. The summed E-state index contributed by atoms with van der Waals surface area (Å²) in [5.74, 6) is 0. The van der Waals surface area contributed by atoms with Crippen molar-refractivity contribution in [3.05, 3.63) is 468 Å². The summed E-state index contributed by atoms with van der Waals surface area (Å²) in [5.41, 5.74) is 13.1. The van der Waals surface area contributed by atoms with E-state index in [1.165, 1.54) is 0 Å². The minimum Gasteiger partial charge on any atom is -0.309 e. The number of fused-ring (bicyclic) bond motifs is 17. The summed E-state index contributed by atoms with van der Waals surface area (Å²) in [6, 6.07) is 150. The first-order chi connectivity index (χ1) is 63.2. The number of hydrogen-bond donors (Lipinski definition) is 0. The second-order valence-corrected chi connectivity index (χ2v) is 40.3. The maximum Gasteiger partial charge on any atom is 0.171 e. The molecule has 12 heteroatoms. The Morgan fingerprint density at radius 2 is 0.484 bits per heavy atom. The minimum absolute atomic E-state index is 0.774. The molecular weight excluding hydrogens is 1620 g/mol. The van der Waals surface area contributed by atoms with Gasteiger partial charge in [0.05, 0.1) is 50.2 Å². The summed E-state index contributed by atoms with van der Waals surface area (Å²) < 4.78 is 45.3. The van der Waals surface area contributed by atoms with Crippen LogP contribution in [-0.4, -0.2) is 29.9 Å². The number of aromatic nitrogens is 6. The first-order valence-electron chi connectivity index (χ1n) is 42.8. The van der Waals surface area contributed by atoms with Crippen molar-refractivity contribution in [2.75, 3.05) is 0 Å². The Hall–Kier alpha value is -15.6. The molecule has 0 fully saturated rings. The largest absolute Gasteiger partial charge is 0.309 e. The number of pyridine rings is 6. The van der Waals surface area contributed by atoms with E-state index < -0.39 is 21.4 Å². The molecule has 0 unspecified atom stereocenters. The molecule has 24 aromatic rings. The van der Waals surface area contributed by atoms with E-state index in [0.29, 0.717) is 0 Å². The molecule has 0 N–H and O–H groups in total. The minimum atomic E-state index is -3.19. The van der Waals surface area contributed by atoms with E-state index in [1.54, 1.807) is 0 Å². The molecule has 0 atom stereocenters. The number of nitrogens with zero attached hydrogens (tertiary/aromatic N) is 6. The van der Waals surface area contributed by atoms with Gasteiger partial charge in [0, 0.05) is 137 Å². The lowest BCUT2D eigenvalue weighted by molar-refractivity contribution is 0.591. The number of para-hydroxylation sites is 3. The summed E-state index contributed by atoms with van der Waals surface area (Å²) in [6.07, 6.45) is 5.71.